The van der Waals surface area contributed by atoms with Gasteiger partial charge in [-0.3, -0.25) is 14.9 Å². The van der Waals surface area contributed by atoms with E-state index in [0.717, 1.165) is 25.3 Å². The van der Waals surface area contributed by atoms with Gasteiger partial charge in [-0.05, 0) is 31.0 Å². The van der Waals surface area contributed by atoms with Gasteiger partial charge in [0.1, 0.15) is 16.2 Å². The van der Waals surface area contributed by atoms with Crippen molar-refractivity contribution in [1.82, 2.24) is 4.31 Å². The number of carbonyl (C=O) groups is 1. The van der Waals surface area contributed by atoms with E-state index < -0.39 is 26.5 Å². The molecule has 0 aliphatic carbocycles. The number of amides is 1. The highest BCUT2D eigenvalue weighted by molar-refractivity contribution is 7.89. The smallest absolute Gasteiger partial charge is 0.286 e. The fourth-order valence-corrected chi connectivity index (χ4v) is 5.30. The van der Waals surface area contributed by atoms with Gasteiger partial charge < -0.3 is 19.5 Å². The lowest BCUT2D eigenvalue weighted by atomic mass is 10.1. The summed E-state index contributed by atoms with van der Waals surface area (Å²) in [6.07, 6.45) is 2.49. The minimum Gasteiger partial charge on any atom is -0.495 e. The van der Waals surface area contributed by atoms with Crippen molar-refractivity contribution < 1.29 is 32.3 Å². The summed E-state index contributed by atoms with van der Waals surface area (Å²) >= 11 is 0. The van der Waals surface area contributed by atoms with Crippen LogP contribution in [0.15, 0.2) is 35.2 Å². The highest BCUT2D eigenvalue weighted by atomic mass is 32.2. The third-order valence-electron chi connectivity index (χ3n) is 5.30. The van der Waals surface area contributed by atoms with Crippen LogP contribution in [-0.2, 0) is 10.0 Å². The Morgan fingerprint density at radius 2 is 1.58 bits per heavy atom. The van der Waals surface area contributed by atoms with Gasteiger partial charge in [-0.15, -0.1) is 0 Å². The second kappa shape index (κ2) is 10.0. The average molecular weight is 480 g/mol. The number of methoxy groups -OCH3 is 3. The molecule has 12 heteroatoms. The molecular weight excluding hydrogens is 454 g/mol. The van der Waals surface area contributed by atoms with E-state index in [1.807, 2.05) is 0 Å². The molecule has 0 saturated carbocycles. The average Bonchev–Trinajstić information content (AvgIpc) is 2.83. The van der Waals surface area contributed by atoms with Crippen molar-refractivity contribution in [3.63, 3.8) is 0 Å². The van der Waals surface area contributed by atoms with E-state index >= 15 is 0 Å². The Morgan fingerprint density at radius 1 is 0.970 bits per heavy atom. The Hall–Kier alpha value is -3.38. The number of piperidine rings is 1. The molecule has 0 bridgehead atoms. The number of nitro groups is 1. The molecule has 0 aromatic heterocycles. The van der Waals surface area contributed by atoms with Gasteiger partial charge in [0.15, 0.2) is 11.5 Å². The summed E-state index contributed by atoms with van der Waals surface area (Å²) in [6, 6.07) is 6.45. The SMILES string of the molecule is COc1cc(C(=O)Nc2ccc(OC)c(S(=O)(=O)N3CCCCC3)c2)c([N+](=O)[O-])cc1OC. The van der Waals surface area contributed by atoms with Crippen LogP contribution in [0.2, 0.25) is 0 Å². The first-order valence-electron chi connectivity index (χ1n) is 10.1. The summed E-state index contributed by atoms with van der Waals surface area (Å²) in [7, 11) is 0.162. The van der Waals surface area contributed by atoms with Crippen molar-refractivity contribution in [2.45, 2.75) is 24.2 Å². The first-order valence-corrected chi connectivity index (χ1v) is 11.6. The van der Waals surface area contributed by atoms with Crippen molar-refractivity contribution >= 4 is 27.3 Å². The number of benzene rings is 2. The molecule has 2 aromatic rings. The fraction of sp³-hybridized carbons (Fsp3) is 0.381. The van der Waals surface area contributed by atoms with Gasteiger partial charge in [0, 0.05) is 24.8 Å². The van der Waals surface area contributed by atoms with E-state index in [-0.39, 0.29) is 33.4 Å². The number of carbonyl (C=O) groups excluding carboxylic acids is 1. The molecule has 0 unspecified atom stereocenters. The molecule has 178 valence electrons. The Bertz CT molecular complexity index is 1160. The first kappa shape index (κ1) is 24.3. The molecule has 2 aromatic carbocycles. The van der Waals surface area contributed by atoms with Gasteiger partial charge in [0.25, 0.3) is 11.6 Å². The maximum atomic E-state index is 13.2. The molecule has 3 rings (SSSR count). The Balaban J connectivity index is 1.98. The van der Waals surface area contributed by atoms with E-state index in [0.29, 0.717) is 13.1 Å². The lowest BCUT2D eigenvalue weighted by molar-refractivity contribution is -0.385. The molecule has 1 N–H and O–H groups in total. The number of hydrogen-bond donors (Lipinski definition) is 1. The van der Waals surface area contributed by atoms with Gasteiger partial charge >= 0.3 is 0 Å². The molecule has 1 amide bonds. The van der Waals surface area contributed by atoms with E-state index in [4.69, 9.17) is 14.2 Å². The fourth-order valence-electron chi connectivity index (χ4n) is 3.60. The lowest BCUT2D eigenvalue weighted by Gasteiger charge is -2.26. The second-order valence-electron chi connectivity index (χ2n) is 7.27. The number of sulfonamides is 1. The van der Waals surface area contributed by atoms with Crippen LogP contribution in [0.1, 0.15) is 29.6 Å². The number of anilines is 1. The Morgan fingerprint density at radius 3 is 2.15 bits per heavy atom. The topological polar surface area (TPSA) is 137 Å². The number of nitrogens with one attached hydrogen (secondary N) is 1. The normalized spacial score (nSPS) is 14.4. The van der Waals surface area contributed by atoms with Gasteiger partial charge in [0.05, 0.1) is 32.3 Å². The van der Waals surface area contributed by atoms with E-state index in [1.54, 1.807) is 0 Å². The number of rotatable bonds is 8. The van der Waals surface area contributed by atoms with Crippen molar-refractivity contribution in [3.05, 3.63) is 46.0 Å². The Labute approximate surface area is 191 Å². The quantitative estimate of drug-likeness (QED) is 0.450. The van der Waals surface area contributed by atoms with Crippen LogP contribution in [0, 0.1) is 10.1 Å². The standard InChI is InChI=1S/C21H25N3O8S/c1-30-17-8-7-14(11-20(17)33(28,29)23-9-5-4-6-10-23)22-21(25)15-12-18(31-2)19(32-3)13-16(15)24(26)27/h7-8,11-13H,4-6,9-10H2,1-3H3,(H,22,25). The predicted octanol–water partition coefficient (Wildman–Crippen LogP) is 3.05. The lowest BCUT2D eigenvalue weighted by Crippen LogP contribution is -2.35. The van der Waals surface area contributed by atoms with Crippen molar-refractivity contribution in [2.24, 2.45) is 0 Å². The molecule has 1 aliphatic heterocycles. The molecule has 1 aliphatic rings. The molecular formula is C21H25N3O8S. The monoisotopic (exact) mass is 479 g/mol. The van der Waals surface area contributed by atoms with Crippen LogP contribution in [0.4, 0.5) is 11.4 Å². The molecule has 1 saturated heterocycles. The highest BCUT2D eigenvalue weighted by Crippen LogP contribution is 2.36. The van der Waals surface area contributed by atoms with E-state index in [1.165, 1.54) is 49.9 Å². The summed E-state index contributed by atoms with van der Waals surface area (Å²) in [4.78, 5) is 23.6. The van der Waals surface area contributed by atoms with Gasteiger partial charge in [-0.2, -0.15) is 4.31 Å². The van der Waals surface area contributed by atoms with Crippen LogP contribution >= 0.6 is 0 Å². The zero-order valence-electron chi connectivity index (χ0n) is 18.5. The summed E-state index contributed by atoms with van der Waals surface area (Å²) in [6.45, 7) is 0.805. The number of nitro benzene ring substituents is 1. The van der Waals surface area contributed by atoms with Crippen LogP contribution in [-0.4, -0.2) is 58.0 Å². The maximum absolute atomic E-state index is 13.2. The first-order chi connectivity index (χ1) is 15.7. The molecule has 0 atom stereocenters. The summed E-state index contributed by atoms with van der Waals surface area (Å²) in [5.74, 6) is -0.443. The molecule has 1 fully saturated rings. The van der Waals surface area contributed by atoms with Crippen LogP contribution < -0.4 is 19.5 Å². The van der Waals surface area contributed by atoms with Crippen molar-refractivity contribution in [2.75, 3.05) is 39.7 Å². The maximum Gasteiger partial charge on any atom is 0.286 e. The molecule has 0 spiro atoms. The highest BCUT2D eigenvalue weighted by Gasteiger charge is 2.30. The van der Waals surface area contributed by atoms with Gasteiger partial charge in [0.2, 0.25) is 10.0 Å². The molecule has 0 radical (unpaired) electrons. The summed E-state index contributed by atoms with van der Waals surface area (Å²) in [5, 5.41) is 14.0. The van der Waals surface area contributed by atoms with Gasteiger partial charge in [-0.1, -0.05) is 6.42 Å². The largest absolute Gasteiger partial charge is 0.495 e. The number of ether oxygens (including phenoxy) is 3. The number of nitrogens with zero attached hydrogens (tertiary/aromatic N) is 2. The van der Waals surface area contributed by atoms with Crippen LogP contribution in [0.25, 0.3) is 0 Å². The summed E-state index contributed by atoms with van der Waals surface area (Å²) in [5.41, 5.74) is -0.616. The Kier molecular flexibility index (Phi) is 7.39. The third kappa shape index (κ3) is 5.01. The zero-order chi connectivity index (χ0) is 24.2. The van der Waals surface area contributed by atoms with E-state index in [9.17, 15) is 23.3 Å². The summed E-state index contributed by atoms with van der Waals surface area (Å²) < 4.78 is 43.2. The molecule has 33 heavy (non-hydrogen) atoms. The van der Waals surface area contributed by atoms with Gasteiger partial charge in [-0.25, -0.2) is 8.42 Å². The molecule has 11 nitrogen and oxygen atoms in total. The third-order valence-corrected chi connectivity index (χ3v) is 7.22. The minimum atomic E-state index is -3.86. The number of hydrogen-bond acceptors (Lipinski definition) is 8. The molecule has 1 heterocycles. The van der Waals surface area contributed by atoms with Crippen LogP contribution in [0.5, 0.6) is 17.2 Å². The minimum absolute atomic E-state index is 0.0912. The zero-order valence-corrected chi connectivity index (χ0v) is 19.3. The van der Waals surface area contributed by atoms with Crippen molar-refractivity contribution in [3.8, 4) is 17.2 Å². The van der Waals surface area contributed by atoms with E-state index in [2.05, 4.69) is 5.32 Å². The van der Waals surface area contributed by atoms with Crippen LogP contribution in [0.3, 0.4) is 0 Å². The second-order valence-corrected chi connectivity index (χ2v) is 9.17. The van der Waals surface area contributed by atoms with Crippen molar-refractivity contribution in [1.29, 1.82) is 0 Å². The predicted molar refractivity (Wildman–Crippen MR) is 120 cm³/mol.